The minimum atomic E-state index is -1.54. The number of hydrazine groups is 1. The molecule has 12 unspecified atom stereocenters. The molecule has 18 nitrogen and oxygen atoms in total. The molecule has 2 saturated heterocycles. The first-order valence-corrected chi connectivity index (χ1v) is 29.5. The monoisotopic (exact) mass is 1140 g/mol. The van der Waals surface area contributed by atoms with Crippen molar-refractivity contribution in [3.05, 3.63) is 77.7 Å². The van der Waals surface area contributed by atoms with E-state index in [1.54, 1.807) is 52.8 Å². The van der Waals surface area contributed by atoms with E-state index in [4.69, 9.17) is 4.74 Å². The highest BCUT2D eigenvalue weighted by atomic mass is 19.1. The fraction of sp³-hybridized carbons (Fsp3) is 0.677. The smallest absolute Gasteiger partial charge is 0.325 e. The maximum absolute atomic E-state index is 14.6. The van der Waals surface area contributed by atoms with Crippen molar-refractivity contribution in [1.29, 1.82) is 0 Å². The highest BCUT2D eigenvalue weighted by Crippen LogP contribution is 2.38. The van der Waals surface area contributed by atoms with Crippen LogP contribution in [0, 0.1) is 53.2 Å². The number of allylic oxidation sites excluding steroid dienone is 5. The second-order valence-electron chi connectivity index (χ2n) is 23.1. The van der Waals surface area contributed by atoms with E-state index in [0.29, 0.717) is 56.9 Å². The third kappa shape index (κ3) is 20.8. The fourth-order valence-electron chi connectivity index (χ4n) is 10.8. The van der Waals surface area contributed by atoms with Gasteiger partial charge in [-0.15, -0.1) is 0 Å². The molecule has 16 atom stereocenters. The summed E-state index contributed by atoms with van der Waals surface area (Å²) in [6.07, 6.45) is 10.7. The van der Waals surface area contributed by atoms with Gasteiger partial charge >= 0.3 is 5.97 Å². The van der Waals surface area contributed by atoms with E-state index in [2.05, 4.69) is 21.4 Å². The summed E-state index contributed by atoms with van der Waals surface area (Å²) in [5.74, 6) is -8.63. The number of benzene rings is 1. The molecule has 0 spiro atoms. The number of Topliss-reactive ketones (excluding diaryl/α,β-unsaturated/α-hetero) is 1. The Morgan fingerprint density at radius 1 is 0.926 bits per heavy atom. The predicted octanol–water partition coefficient (Wildman–Crippen LogP) is 6.56. The normalized spacial score (nSPS) is 30.4. The first-order valence-electron chi connectivity index (χ1n) is 29.5. The molecule has 1 aromatic rings. The lowest BCUT2D eigenvalue weighted by atomic mass is 9.72. The van der Waals surface area contributed by atoms with Crippen molar-refractivity contribution in [2.24, 2.45) is 47.3 Å². The number of aliphatic hydroxyl groups is 5. The summed E-state index contributed by atoms with van der Waals surface area (Å²) in [4.78, 5) is 81.6. The Balaban J connectivity index is 0.00000851. The van der Waals surface area contributed by atoms with Crippen LogP contribution in [-0.2, 0) is 39.9 Å². The summed E-state index contributed by atoms with van der Waals surface area (Å²) < 4.78 is 20.7. The zero-order valence-electron chi connectivity index (χ0n) is 50.1. The van der Waals surface area contributed by atoms with E-state index in [1.165, 1.54) is 24.1 Å². The molecule has 0 saturated carbocycles. The highest BCUT2D eigenvalue weighted by Gasteiger charge is 2.49. The van der Waals surface area contributed by atoms with E-state index in [-0.39, 0.29) is 73.2 Å². The van der Waals surface area contributed by atoms with Crippen LogP contribution in [0.5, 0.6) is 5.75 Å². The summed E-state index contributed by atoms with van der Waals surface area (Å²) in [5, 5.41) is 76.4. The minimum absolute atomic E-state index is 0.0695. The number of esters is 1. The molecule has 10 N–H and O–H groups in total. The number of hydrogen-bond donors (Lipinski definition) is 10. The Morgan fingerprint density at radius 3 is 2.26 bits per heavy atom. The quantitative estimate of drug-likeness (QED) is 0.0519. The summed E-state index contributed by atoms with van der Waals surface area (Å²) in [5.41, 5.74) is 2.29. The molecule has 4 rings (SSSR count). The van der Waals surface area contributed by atoms with Crippen LogP contribution in [0.15, 0.2) is 66.3 Å². The fourth-order valence-corrected chi connectivity index (χ4v) is 10.8. The molecular formula is C62H98FN5O13. The Morgan fingerprint density at radius 2 is 1.62 bits per heavy atom. The van der Waals surface area contributed by atoms with Gasteiger partial charge in [-0.2, -0.15) is 0 Å². The molecule has 2 bridgehead atoms. The Bertz CT molecular complexity index is 2320. The van der Waals surface area contributed by atoms with E-state index in [9.17, 15) is 63.8 Å². The average molecular weight is 1140 g/mol. The molecule has 3 aliphatic rings. The van der Waals surface area contributed by atoms with Crippen molar-refractivity contribution in [1.82, 2.24) is 26.4 Å². The van der Waals surface area contributed by atoms with Crippen molar-refractivity contribution < 1.29 is 68.5 Å². The minimum Gasteiger partial charge on any atom is -0.508 e. The Hall–Kier alpha value is -5.31. The molecule has 0 radical (unpaired) electrons. The van der Waals surface area contributed by atoms with Gasteiger partial charge < -0.3 is 56.1 Å². The van der Waals surface area contributed by atoms with Crippen LogP contribution < -0.4 is 21.4 Å². The van der Waals surface area contributed by atoms with Crippen LogP contribution in [0.3, 0.4) is 0 Å². The number of nitrogens with zero attached hydrogens (tertiary/aromatic N) is 1. The second kappa shape index (κ2) is 33.7. The van der Waals surface area contributed by atoms with Gasteiger partial charge in [0, 0.05) is 55.5 Å². The van der Waals surface area contributed by atoms with Gasteiger partial charge in [0.25, 0.3) is 5.91 Å². The van der Waals surface area contributed by atoms with Crippen molar-refractivity contribution in [2.75, 3.05) is 6.54 Å². The van der Waals surface area contributed by atoms with Crippen molar-refractivity contribution in [3.8, 4) is 5.75 Å². The van der Waals surface area contributed by atoms with E-state index in [0.717, 1.165) is 12.1 Å². The number of ketones is 1. The number of piperidine rings is 1. The van der Waals surface area contributed by atoms with Crippen LogP contribution in [0.25, 0.3) is 0 Å². The van der Waals surface area contributed by atoms with Crippen molar-refractivity contribution >= 4 is 35.4 Å². The van der Waals surface area contributed by atoms with Crippen LogP contribution in [-0.4, -0.2) is 132 Å². The molecule has 2 fully saturated rings. The topological polar surface area (TPSA) is 284 Å². The number of carbonyl (C=O) groups is 6. The number of halogens is 1. The first kappa shape index (κ1) is 70.0. The highest BCUT2D eigenvalue weighted by molar-refractivity contribution is 5.93. The average Bonchev–Trinajstić information content (AvgIpc) is 3.46. The number of rotatable bonds is 19. The van der Waals surface area contributed by atoms with Gasteiger partial charge in [-0.05, 0) is 113 Å². The van der Waals surface area contributed by atoms with E-state index < -0.39 is 113 Å². The number of phenols is 1. The summed E-state index contributed by atoms with van der Waals surface area (Å²) >= 11 is 0. The van der Waals surface area contributed by atoms with Gasteiger partial charge in [0.05, 0.1) is 30.3 Å². The number of fused-ring (bicyclic) bond motifs is 2. The number of phenolic OH excluding ortho intramolecular Hbond substituents is 1. The molecule has 4 amide bonds. The van der Waals surface area contributed by atoms with Gasteiger partial charge in [-0.3, -0.25) is 29.0 Å². The van der Waals surface area contributed by atoms with Gasteiger partial charge in [0.1, 0.15) is 47.3 Å². The maximum Gasteiger partial charge on any atom is 0.325 e. The summed E-state index contributed by atoms with van der Waals surface area (Å²) in [6, 6.07) is -0.418. The molecular weight excluding hydrogens is 1040 g/mol. The molecule has 456 valence electrons. The predicted molar refractivity (Wildman–Crippen MR) is 309 cm³/mol. The van der Waals surface area contributed by atoms with Gasteiger partial charge in [-0.1, -0.05) is 112 Å². The van der Waals surface area contributed by atoms with Crippen LogP contribution in [0.1, 0.15) is 159 Å². The van der Waals surface area contributed by atoms with Gasteiger partial charge in [0.15, 0.2) is 0 Å². The van der Waals surface area contributed by atoms with Crippen molar-refractivity contribution in [3.63, 3.8) is 0 Å². The molecule has 81 heavy (non-hydrogen) atoms. The molecule has 3 aliphatic heterocycles. The third-order valence-corrected chi connectivity index (χ3v) is 16.5. The Labute approximate surface area is 480 Å². The number of nitrogens with one attached hydrogen (secondary N) is 4. The maximum atomic E-state index is 14.6. The molecule has 3 heterocycles. The van der Waals surface area contributed by atoms with Crippen molar-refractivity contribution in [2.45, 2.75) is 215 Å². The van der Waals surface area contributed by atoms with E-state index in [1.807, 2.05) is 59.8 Å². The lowest BCUT2D eigenvalue weighted by molar-refractivity contribution is -0.170. The number of ether oxygens (including phenoxy) is 1. The molecule has 1 aromatic carbocycles. The number of aliphatic hydroxyl groups excluding tert-OH is 4. The van der Waals surface area contributed by atoms with Crippen LogP contribution in [0.4, 0.5) is 4.39 Å². The number of hydrogen-bond acceptors (Lipinski definition) is 14. The van der Waals surface area contributed by atoms with E-state index >= 15 is 0 Å². The zero-order valence-corrected chi connectivity index (χ0v) is 50.1. The Kier molecular flexibility index (Phi) is 29.1. The number of carbonyl (C=O) groups excluding carboxylic acids is 6. The number of cyclic esters (lactones) is 1. The third-order valence-electron chi connectivity index (χ3n) is 16.5. The lowest BCUT2D eigenvalue weighted by Crippen LogP contribution is -2.65. The molecule has 0 aromatic heterocycles. The number of amides is 4. The van der Waals surface area contributed by atoms with Gasteiger partial charge in [0.2, 0.25) is 17.7 Å². The van der Waals surface area contributed by atoms with Crippen LogP contribution in [0.2, 0.25) is 0 Å². The SMILES string of the molecule is CC.CCC1C[C@H](C)[C@@](O)(C(C)C(O)C(C)CCC(O)C(C)CC/C=C/C=C(\C)[C@@H]2C/C=C/C=C/[C@H](O)C(C)C(O)C(CCC(C)=O)C(=O)NC(C(C)C)C(=O)NC(Cc3cc(O)cc(F)c3)C(=O)N3CCCC(N3)C(=O)O2)NC1=O. The number of aromatic hydroxyl groups is 1. The lowest BCUT2D eigenvalue weighted by Gasteiger charge is -2.47. The van der Waals surface area contributed by atoms with Crippen LogP contribution >= 0.6 is 0 Å². The second-order valence-corrected chi connectivity index (χ2v) is 23.1. The molecule has 19 heteroatoms. The summed E-state index contributed by atoms with van der Waals surface area (Å²) in [7, 11) is 0. The van der Waals surface area contributed by atoms with Gasteiger partial charge in [-0.25, -0.2) is 9.82 Å². The zero-order chi connectivity index (χ0) is 60.9. The standard InChI is InChI=1S/C60H92FN5O13.C2H6/c1-11-43-29-38(7)60(78,64-55(43)73)41(10)53(71)37(6)24-27-49(69)35(4)19-14-12-15-20-36(5)51-23-17-13-16-22-50(70)40(9)54(72)46(26-25-39(8)67)56(74)63-52(34(2)3)57(75)62-48(32-42-30-44(61)33-45(68)31-42)58(76)66-28-18-21-47(65-66)59(77)79-51;1-2/h12-13,15-17,20,22,30-31,33-35,37-38,40-41,43,46-54,65,68-72,78H,11,14,18-19,21,23-29,32H2,1-10H3,(H,62,75)(H,63,74)(H,64,73);1-2H3/b15-12+,17-13+,22-16+,36-20+;/t35?,37?,38-,40?,41?,43?,46?,47?,48?,49?,50-,51-,52?,53?,54?,60+;/m0./s1. The first-order chi connectivity index (χ1) is 38.2. The molecule has 0 aliphatic carbocycles. The summed E-state index contributed by atoms with van der Waals surface area (Å²) in [6.45, 7) is 21.6. The largest absolute Gasteiger partial charge is 0.508 e.